The molecule has 0 radical (unpaired) electrons. The van der Waals surface area contributed by atoms with E-state index in [1.807, 2.05) is 55.5 Å². The van der Waals surface area contributed by atoms with Crippen LogP contribution in [0.2, 0.25) is 5.02 Å². The molecule has 0 fully saturated rings. The van der Waals surface area contributed by atoms with Gasteiger partial charge in [0.2, 0.25) is 11.8 Å². The number of hydrogen-bond donors (Lipinski definition) is 0. The zero-order valence-electron chi connectivity index (χ0n) is 12.1. The summed E-state index contributed by atoms with van der Waals surface area (Å²) in [6, 6.07) is 15.3. The van der Waals surface area contributed by atoms with Gasteiger partial charge in [-0.1, -0.05) is 29.8 Å². The number of aryl methyl sites for hydroxylation is 1. The zero-order valence-corrected chi connectivity index (χ0v) is 12.9. The first-order valence-electron chi connectivity index (χ1n) is 6.99. The third-order valence-corrected chi connectivity index (χ3v) is 3.63. The number of benzene rings is 2. The van der Waals surface area contributed by atoms with Gasteiger partial charge in [0.25, 0.3) is 0 Å². The third-order valence-electron chi connectivity index (χ3n) is 3.20. The van der Waals surface area contributed by atoms with Crippen molar-refractivity contribution in [1.82, 2.24) is 10.2 Å². The summed E-state index contributed by atoms with van der Waals surface area (Å²) in [6.07, 6.45) is 0.557. The quantitative estimate of drug-likeness (QED) is 0.703. The maximum absolute atomic E-state index is 5.98. The number of halogens is 1. The summed E-state index contributed by atoms with van der Waals surface area (Å²) >= 11 is 5.98. The summed E-state index contributed by atoms with van der Waals surface area (Å²) in [7, 11) is 0. The van der Waals surface area contributed by atoms with Crippen molar-refractivity contribution in [3.05, 3.63) is 65.0 Å². The standard InChI is InChI=1S/C17H15ClN2O2/c1-12-11-14(7-8-15(12)18)21-10-9-16-19-20-17(22-16)13-5-3-2-4-6-13/h2-8,11H,9-10H2,1H3. The minimum absolute atomic E-state index is 0.470. The molecule has 0 bridgehead atoms. The van der Waals surface area contributed by atoms with Crippen molar-refractivity contribution >= 4 is 11.6 Å². The second kappa shape index (κ2) is 6.62. The summed E-state index contributed by atoms with van der Waals surface area (Å²) in [5.41, 5.74) is 1.90. The Morgan fingerprint density at radius 1 is 1.09 bits per heavy atom. The fourth-order valence-corrected chi connectivity index (χ4v) is 2.13. The second-order valence-electron chi connectivity index (χ2n) is 4.88. The molecule has 112 valence electrons. The highest BCUT2D eigenvalue weighted by Crippen LogP contribution is 2.21. The average molecular weight is 315 g/mol. The van der Waals surface area contributed by atoms with E-state index in [0.717, 1.165) is 21.9 Å². The Morgan fingerprint density at radius 2 is 1.91 bits per heavy atom. The van der Waals surface area contributed by atoms with Crippen LogP contribution in [0.4, 0.5) is 0 Å². The predicted molar refractivity (Wildman–Crippen MR) is 85.1 cm³/mol. The Kier molecular flexibility index (Phi) is 4.39. The summed E-state index contributed by atoms with van der Waals surface area (Å²) < 4.78 is 11.3. The second-order valence-corrected chi connectivity index (χ2v) is 5.28. The Morgan fingerprint density at radius 3 is 2.68 bits per heavy atom. The maximum Gasteiger partial charge on any atom is 0.247 e. The van der Waals surface area contributed by atoms with Crippen LogP contribution in [0.5, 0.6) is 5.75 Å². The molecule has 1 aromatic heterocycles. The molecule has 0 atom stereocenters. The highest BCUT2D eigenvalue weighted by atomic mass is 35.5. The fourth-order valence-electron chi connectivity index (χ4n) is 2.02. The van der Waals surface area contributed by atoms with Crippen molar-refractivity contribution < 1.29 is 9.15 Å². The molecule has 0 N–H and O–H groups in total. The van der Waals surface area contributed by atoms with Gasteiger partial charge in [0.15, 0.2) is 0 Å². The van der Waals surface area contributed by atoms with Crippen molar-refractivity contribution in [2.45, 2.75) is 13.3 Å². The van der Waals surface area contributed by atoms with E-state index in [-0.39, 0.29) is 0 Å². The number of hydrogen-bond acceptors (Lipinski definition) is 4. The maximum atomic E-state index is 5.98. The van der Waals surface area contributed by atoms with Crippen LogP contribution in [0.15, 0.2) is 52.9 Å². The van der Waals surface area contributed by atoms with E-state index in [2.05, 4.69) is 10.2 Å². The Hall–Kier alpha value is -2.33. The minimum atomic E-state index is 0.470. The first kappa shape index (κ1) is 14.6. The summed E-state index contributed by atoms with van der Waals surface area (Å²) in [5, 5.41) is 8.82. The molecule has 3 aromatic rings. The highest BCUT2D eigenvalue weighted by molar-refractivity contribution is 6.31. The summed E-state index contributed by atoms with van der Waals surface area (Å²) in [4.78, 5) is 0. The van der Waals surface area contributed by atoms with Crippen molar-refractivity contribution in [2.24, 2.45) is 0 Å². The first-order chi connectivity index (χ1) is 10.7. The molecule has 0 spiro atoms. The summed E-state index contributed by atoms with van der Waals surface area (Å²) in [5.74, 6) is 1.87. The van der Waals surface area contributed by atoms with E-state index in [0.29, 0.717) is 24.8 Å². The van der Waals surface area contributed by atoms with Gasteiger partial charge in [-0.05, 0) is 42.8 Å². The number of aromatic nitrogens is 2. The largest absolute Gasteiger partial charge is 0.493 e. The van der Waals surface area contributed by atoms with Crippen LogP contribution in [0, 0.1) is 6.92 Å². The van der Waals surface area contributed by atoms with Gasteiger partial charge in [-0.2, -0.15) is 0 Å². The molecule has 0 saturated carbocycles. The molecule has 0 amide bonds. The van der Waals surface area contributed by atoms with Gasteiger partial charge in [0, 0.05) is 10.6 Å². The van der Waals surface area contributed by atoms with E-state index >= 15 is 0 Å². The van der Waals surface area contributed by atoms with Gasteiger partial charge in [-0.15, -0.1) is 10.2 Å². The molecule has 5 heteroatoms. The van der Waals surface area contributed by atoms with E-state index in [1.165, 1.54) is 0 Å². The van der Waals surface area contributed by atoms with Crippen LogP contribution < -0.4 is 4.74 Å². The minimum Gasteiger partial charge on any atom is -0.493 e. The SMILES string of the molecule is Cc1cc(OCCc2nnc(-c3ccccc3)o2)ccc1Cl. The zero-order chi connectivity index (χ0) is 15.4. The molecule has 1 heterocycles. The van der Waals surface area contributed by atoms with Crippen LogP contribution in [0.3, 0.4) is 0 Å². The van der Waals surface area contributed by atoms with E-state index in [1.54, 1.807) is 0 Å². The molecule has 0 unspecified atom stereocenters. The molecule has 0 aliphatic rings. The average Bonchev–Trinajstić information content (AvgIpc) is 3.01. The van der Waals surface area contributed by atoms with Gasteiger partial charge in [0.05, 0.1) is 13.0 Å². The fraction of sp³-hybridized carbons (Fsp3) is 0.176. The first-order valence-corrected chi connectivity index (χ1v) is 7.37. The van der Waals surface area contributed by atoms with Crippen molar-refractivity contribution in [3.8, 4) is 17.2 Å². The molecule has 0 aliphatic heterocycles. The summed E-state index contributed by atoms with van der Waals surface area (Å²) in [6.45, 7) is 2.41. The van der Waals surface area contributed by atoms with Gasteiger partial charge >= 0.3 is 0 Å². The Labute approximate surface area is 133 Å². The van der Waals surface area contributed by atoms with Crippen molar-refractivity contribution in [2.75, 3.05) is 6.61 Å². The normalized spacial score (nSPS) is 10.6. The van der Waals surface area contributed by atoms with Gasteiger partial charge in [-0.25, -0.2) is 0 Å². The molecule has 2 aromatic carbocycles. The number of ether oxygens (including phenoxy) is 1. The van der Waals surface area contributed by atoms with E-state index in [9.17, 15) is 0 Å². The molecular weight excluding hydrogens is 300 g/mol. The Bertz CT molecular complexity index is 756. The van der Waals surface area contributed by atoms with Crippen molar-refractivity contribution in [3.63, 3.8) is 0 Å². The number of nitrogens with zero attached hydrogens (tertiary/aromatic N) is 2. The molecule has 3 rings (SSSR count). The predicted octanol–water partition coefficient (Wildman–Crippen LogP) is 4.32. The van der Waals surface area contributed by atoms with E-state index < -0.39 is 0 Å². The lowest BCUT2D eigenvalue weighted by molar-refractivity contribution is 0.307. The third kappa shape index (κ3) is 3.46. The lowest BCUT2D eigenvalue weighted by Crippen LogP contribution is -2.01. The number of rotatable bonds is 5. The van der Waals surface area contributed by atoms with Crippen LogP contribution in [0.25, 0.3) is 11.5 Å². The van der Waals surface area contributed by atoms with Crippen LogP contribution in [-0.2, 0) is 6.42 Å². The molecule has 0 aliphatic carbocycles. The molecule has 22 heavy (non-hydrogen) atoms. The Balaban J connectivity index is 1.58. The lowest BCUT2D eigenvalue weighted by atomic mass is 10.2. The van der Waals surface area contributed by atoms with Gasteiger partial charge < -0.3 is 9.15 Å². The molecular formula is C17H15ClN2O2. The van der Waals surface area contributed by atoms with Crippen LogP contribution in [0.1, 0.15) is 11.5 Å². The van der Waals surface area contributed by atoms with E-state index in [4.69, 9.17) is 20.8 Å². The van der Waals surface area contributed by atoms with Crippen LogP contribution >= 0.6 is 11.6 Å². The monoisotopic (exact) mass is 314 g/mol. The highest BCUT2D eigenvalue weighted by Gasteiger charge is 2.08. The van der Waals surface area contributed by atoms with Crippen LogP contribution in [-0.4, -0.2) is 16.8 Å². The smallest absolute Gasteiger partial charge is 0.247 e. The van der Waals surface area contributed by atoms with Crippen molar-refractivity contribution in [1.29, 1.82) is 0 Å². The van der Waals surface area contributed by atoms with Gasteiger partial charge in [-0.3, -0.25) is 0 Å². The molecule has 4 nitrogen and oxygen atoms in total. The topological polar surface area (TPSA) is 48.2 Å². The lowest BCUT2D eigenvalue weighted by Gasteiger charge is -2.06. The molecule has 0 saturated heterocycles. The van der Waals surface area contributed by atoms with Gasteiger partial charge in [0.1, 0.15) is 5.75 Å².